The van der Waals surface area contributed by atoms with E-state index < -0.39 is 0 Å². The first-order valence-corrected chi connectivity index (χ1v) is 8.43. The molecule has 1 aromatic heterocycles. The van der Waals surface area contributed by atoms with Gasteiger partial charge < -0.3 is 4.74 Å². The molecule has 0 amide bonds. The van der Waals surface area contributed by atoms with Gasteiger partial charge in [0.1, 0.15) is 16.8 Å². The van der Waals surface area contributed by atoms with Crippen LogP contribution in [0.15, 0.2) is 53.9 Å². The van der Waals surface area contributed by atoms with Crippen LogP contribution in [-0.2, 0) is 0 Å². The van der Waals surface area contributed by atoms with Gasteiger partial charge in [-0.1, -0.05) is 41.9 Å². The van der Waals surface area contributed by atoms with E-state index in [9.17, 15) is 5.26 Å². The summed E-state index contributed by atoms with van der Waals surface area (Å²) >= 11 is 7.35. The molecule has 0 unspecified atom stereocenters. The van der Waals surface area contributed by atoms with Crippen LogP contribution >= 0.6 is 22.9 Å². The van der Waals surface area contributed by atoms with Gasteiger partial charge >= 0.3 is 0 Å². The van der Waals surface area contributed by atoms with Gasteiger partial charge in [0.15, 0.2) is 0 Å². The number of ether oxygens (including phenoxy) is 1. The number of hydrogen-bond donors (Lipinski definition) is 0. The number of allylic oxidation sites excluding steroid dienone is 1. The topological polar surface area (TPSA) is 45.9 Å². The fourth-order valence-electron chi connectivity index (χ4n) is 2.23. The molecule has 24 heavy (non-hydrogen) atoms. The normalized spacial score (nSPS) is 11.1. The second-order valence-corrected chi connectivity index (χ2v) is 6.25. The predicted molar refractivity (Wildman–Crippen MR) is 99.0 cm³/mol. The summed E-state index contributed by atoms with van der Waals surface area (Å²) in [7, 11) is 1.61. The summed E-state index contributed by atoms with van der Waals surface area (Å²) < 4.78 is 5.33. The lowest BCUT2D eigenvalue weighted by Gasteiger charge is -2.04. The van der Waals surface area contributed by atoms with Crippen molar-refractivity contribution in [2.75, 3.05) is 7.11 Å². The van der Waals surface area contributed by atoms with E-state index in [2.05, 4.69) is 11.1 Å². The molecule has 0 radical (unpaired) electrons. The molecule has 0 aliphatic carbocycles. The molecular weight excluding hydrogens is 340 g/mol. The molecule has 3 aromatic rings. The van der Waals surface area contributed by atoms with Gasteiger partial charge in [-0.25, -0.2) is 4.98 Å². The van der Waals surface area contributed by atoms with E-state index in [-0.39, 0.29) is 0 Å². The van der Waals surface area contributed by atoms with Crippen molar-refractivity contribution in [3.05, 3.63) is 69.5 Å². The smallest absolute Gasteiger partial charge is 0.134 e. The molecule has 0 fully saturated rings. The van der Waals surface area contributed by atoms with Crippen LogP contribution in [0, 0.1) is 11.3 Å². The van der Waals surface area contributed by atoms with Gasteiger partial charge in [-0.2, -0.15) is 5.26 Å². The lowest BCUT2D eigenvalue weighted by Crippen LogP contribution is -1.87. The standard InChI is InChI=1S/C19H13ClN2OS/c1-23-18-5-3-2-4-14(18)10-15(11-21)19-22-17(12-24-19)13-6-8-16(20)9-7-13/h2-10,12H,1H3/b15-10+. The van der Waals surface area contributed by atoms with E-state index in [1.54, 1.807) is 13.2 Å². The van der Waals surface area contributed by atoms with Crippen molar-refractivity contribution >= 4 is 34.6 Å². The van der Waals surface area contributed by atoms with E-state index in [0.29, 0.717) is 15.6 Å². The maximum absolute atomic E-state index is 9.51. The molecule has 0 aliphatic heterocycles. The molecule has 5 heteroatoms. The number of benzene rings is 2. The fraction of sp³-hybridized carbons (Fsp3) is 0.0526. The van der Waals surface area contributed by atoms with Crippen LogP contribution in [-0.4, -0.2) is 12.1 Å². The largest absolute Gasteiger partial charge is 0.496 e. The van der Waals surface area contributed by atoms with Crippen LogP contribution in [0.25, 0.3) is 22.9 Å². The van der Waals surface area contributed by atoms with Crippen molar-refractivity contribution in [1.82, 2.24) is 4.98 Å². The number of halogens is 1. The van der Waals surface area contributed by atoms with Crippen LogP contribution < -0.4 is 4.74 Å². The molecular formula is C19H13ClN2OS. The highest BCUT2D eigenvalue weighted by Crippen LogP contribution is 2.29. The third-order valence-electron chi connectivity index (χ3n) is 3.43. The van der Waals surface area contributed by atoms with Gasteiger partial charge in [-0.05, 0) is 24.3 Å². The second-order valence-electron chi connectivity index (χ2n) is 4.96. The summed E-state index contributed by atoms with van der Waals surface area (Å²) in [6.45, 7) is 0. The first kappa shape index (κ1) is 16.3. The minimum Gasteiger partial charge on any atom is -0.496 e. The Bertz CT molecular complexity index is 923. The maximum atomic E-state index is 9.51. The van der Waals surface area contributed by atoms with Crippen molar-refractivity contribution < 1.29 is 4.74 Å². The number of nitrogens with zero attached hydrogens (tertiary/aromatic N) is 2. The van der Waals surface area contributed by atoms with Gasteiger partial charge in [-0.15, -0.1) is 11.3 Å². The number of para-hydroxylation sites is 1. The van der Waals surface area contributed by atoms with Gasteiger partial charge in [0.05, 0.1) is 18.4 Å². The molecule has 3 rings (SSSR count). The Balaban J connectivity index is 1.96. The van der Waals surface area contributed by atoms with Crippen LogP contribution in [0.2, 0.25) is 5.02 Å². The summed E-state index contributed by atoms with van der Waals surface area (Å²) in [5.74, 6) is 0.722. The van der Waals surface area contributed by atoms with Crippen LogP contribution in [0.4, 0.5) is 0 Å². The van der Waals surface area contributed by atoms with Crippen LogP contribution in [0.3, 0.4) is 0 Å². The van der Waals surface area contributed by atoms with Crippen molar-refractivity contribution in [1.29, 1.82) is 5.26 Å². The summed E-state index contributed by atoms with van der Waals surface area (Å²) in [5.41, 5.74) is 3.15. The third-order valence-corrected chi connectivity index (χ3v) is 4.56. The lowest BCUT2D eigenvalue weighted by atomic mass is 10.1. The molecule has 0 atom stereocenters. The highest BCUT2D eigenvalue weighted by molar-refractivity contribution is 7.11. The maximum Gasteiger partial charge on any atom is 0.134 e. The highest BCUT2D eigenvalue weighted by atomic mass is 35.5. The zero-order valence-electron chi connectivity index (χ0n) is 12.9. The fourth-order valence-corrected chi connectivity index (χ4v) is 3.15. The monoisotopic (exact) mass is 352 g/mol. The number of aromatic nitrogens is 1. The van der Waals surface area contributed by atoms with E-state index in [1.807, 2.05) is 53.9 Å². The first-order valence-electron chi connectivity index (χ1n) is 7.18. The predicted octanol–water partition coefficient (Wildman–Crippen LogP) is 5.54. The summed E-state index contributed by atoms with van der Waals surface area (Å²) in [6, 6.07) is 17.3. The molecule has 0 N–H and O–H groups in total. The zero-order valence-corrected chi connectivity index (χ0v) is 14.4. The Hall–Kier alpha value is -2.61. The second kappa shape index (κ2) is 7.31. The molecule has 0 saturated heterocycles. The lowest BCUT2D eigenvalue weighted by molar-refractivity contribution is 0.414. The van der Waals surface area contributed by atoms with Crippen molar-refractivity contribution in [3.8, 4) is 23.1 Å². The third kappa shape index (κ3) is 3.48. The summed E-state index contributed by atoms with van der Waals surface area (Å²) in [4.78, 5) is 4.58. The quantitative estimate of drug-likeness (QED) is 0.579. The van der Waals surface area contributed by atoms with E-state index in [1.165, 1.54) is 11.3 Å². The number of methoxy groups -OCH3 is 1. The Kier molecular flexibility index (Phi) is 4.95. The molecule has 0 bridgehead atoms. The number of thiazole rings is 1. The average molecular weight is 353 g/mol. The number of nitriles is 1. The highest BCUT2D eigenvalue weighted by Gasteiger charge is 2.10. The minimum atomic E-state index is 0.504. The number of rotatable bonds is 4. The van der Waals surface area contributed by atoms with Crippen molar-refractivity contribution in [2.24, 2.45) is 0 Å². The van der Waals surface area contributed by atoms with Crippen molar-refractivity contribution in [3.63, 3.8) is 0 Å². The molecule has 0 aliphatic rings. The van der Waals surface area contributed by atoms with Crippen LogP contribution in [0.5, 0.6) is 5.75 Å². The Morgan fingerprint density at radius 2 is 1.96 bits per heavy atom. The van der Waals surface area contributed by atoms with Gasteiger partial charge in [0.25, 0.3) is 0 Å². The zero-order chi connectivity index (χ0) is 16.9. The van der Waals surface area contributed by atoms with E-state index >= 15 is 0 Å². The first-order chi connectivity index (χ1) is 11.7. The number of hydrogen-bond acceptors (Lipinski definition) is 4. The van der Waals surface area contributed by atoms with E-state index in [4.69, 9.17) is 16.3 Å². The molecule has 0 saturated carbocycles. The van der Waals surface area contributed by atoms with Crippen molar-refractivity contribution in [2.45, 2.75) is 0 Å². The van der Waals surface area contributed by atoms with E-state index in [0.717, 1.165) is 22.6 Å². The van der Waals surface area contributed by atoms with Gasteiger partial charge in [0, 0.05) is 21.5 Å². The average Bonchev–Trinajstić information content (AvgIpc) is 3.10. The minimum absolute atomic E-state index is 0.504. The van der Waals surface area contributed by atoms with Gasteiger partial charge in [-0.3, -0.25) is 0 Å². The molecule has 0 spiro atoms. The molecule has 118 valence electrons. The van der Waals surface area contributed by atoms with Gasteiger partial charge in [0.2, 0.25) is 0 Å². The Morgan fingerprint density at radius 3 is 2.67 bits per heavy atom. The molecule has 1 heterocycles. The Labute approximate surface area is 149 Å². The molecule has 2 aromatic carbocycles. The molecule has 3 nitrogen and oxygen atoms in total. The summed E-state index contributed by atoms with van der Waals surface area (Å²) in [5, 5.41) is 12.8. The SMILES string of the molecule is COc1ccccc1/C=C(\C#N)c1nc(-c2ccc(Cl)cc2)cs1. The Morgan fingerprint density at radius 1 is 1.21 bits per heavy atom. The van der Waals surface area contributed by atoms with Crippen LogP contribution in [0.1, 0.15) is 10.6 Å². The summed E-state index contributed by atoms with van der Waals surface area (Å²) in [6.07, 6.45) is 1.79.